The van der Waals surface area contributed by atoms with Gasteiger partial charge in [0.1, 0.15) is 5.01 Å². The second-order valence-electron chi connectivity index (χ2n) is 7.16. The summed E-state index contributed by atoms with van der Waals surface area (Å²) in [4.78, 5) is 29.4. The molecule has 1 unspecified atom stereocenters. The number of carbonyl (C=O) groups excluding carboxylic acids is 2. The van der Waals surface area contributed by atoms with Gasteiger partial charge in [0, 0.05) is 23.6 Å². The van der Waals surface area contributed by atoms with Gasteiger partial charge in [-0.15, -0.1) is 11.3 Å². The lowest BCUT2D eigenvalue weighted by molar-refractivity contribution is -0.126. The van der Waals surface area contributed by atoms with Crippen molar-refractivity contribution in [3.8, 4) is 0 Å². The molecule has 0 spiro atoms. The molecule has 1 aliphatic carbocycles. The van der Waals surface area contributed by atoms with Crippen molar-refractivity contribution in [1.82, 2.24) is 19.9 Å². The largest absolute Gasteiger partial charge is 0.379 e. The number of aromatic nitrogens is 1. The number of sulfonamides is 1. The zero-order valence-corrected chi connectivity index (χ0v) is 19.2. The zero-order chi connectivity index (χ0) is 21.3. The summed E-state index contributed by atoms with van der Waals surface area (Å²) in [5.41, 5.74) is 0.611. The summed E-state index contributed by atoms with van der Waals surface area (Å²) in [5.74, 6) is -1.09. The first kappa shape index (κ1) is 21.6. The number of amides is 2. The summed E-state index contributed by atoms with van der Waals surface area (Å²) < 4.78 is 34.8. The van der Waals surface area contributed by atoms with Crippen LogP contribution in [-0.4, -0.2) is 68.4 Å². The number of morpholine rings is 1. The number of halogens is 1. The Hall–Kier alpha value is -1.60. The molecule has 0 radical (unpaired) electrons. The van der Waals surface area contributed by atoms with Crippen molar-refractivity contribution in [2.24, 2.45) is 0 Å². The van der Waals surface area contributed by atoms with Crippen LogP contribution in [0.4, 0.5) is 0 Å². The summed E-state index contributed by atoms with van der Waals surface area (Å²) in [6, 6.07) is 5.55. The van der Waals surface area contributed by atoms with E-state index in [0.717, 1.165) is 33.4 Å². The number of hydrogen-bond acceptors (Lipinski definition) is 7. The number of fused-ring (bicyclic) bond motifs is 1. The monoisotopic (exact) mass is 516 g/mol. The predicted octanol–water partition coefficient (Wildman–Crippen LogP) is 1.16. The van der Waals surface area contributed by atoms with Crippen molar-refractivity contribution < 1.29 is 22.7 Å². The third kappa shape index (κ3) is 4.83. The van der Waals surface area contributed by atoms with Crippen molar-refractivity contribution in [1.29, 1.82) is 0 Å². The summed E-state index contributed by atoms with van der Waals surface area (Å²) in [7, 11) is -4.05. The van der Waals surface area contributed by atoms with Crippen LogP contribution in [0.15, 0.2) is 22.7 Å². The van der Waals surface area contributed by atoms with Crippen LogP contribution in [0, 0.1) is 0 Å². The normalized spacial score (nSPS) is 18.8. The molecule has 4 rings (SSSR count). The first-order valence-corrected chi connectivity index (χ1v) is 12.7. The molecule has 2 fully saturated rings. The molecule has 30 heavy (non-hydrogen) atoms. The van der Waals surface area contributed by atoms with Gasteiger partial charge in [0.2, 0.25) is 27.1 Å². The number of ether oxygens (including phenoxy) is 1. The second-order valence-corrected chi connectivity index (χ2v) is 11.2. The van der Waals surface area contributed by atoms with E-state index in [1.165, 1.54) is 4.31 Å². The van der Waals surface area contributed by atoms with Gasteiger partial charge in [0.25, 0.3) is 0 Å². The van der Waals surface area contributed by atoms with Crippen molar-refractivity contribution in [3.05, 3.63) is 27.7 Å². The molecule has 1 aromatic heterocycles. The van der Waals surface area contributed by atoms with Gasteiger partial charge in [0.05, 0.1) is 30.0 Å². The van der Waals surface area contributed by atoms with Crippen molar-refractivity contribution in [2.45, 2.75) is 24.1 Å². The molecule has 9 nitrogen and oxygen atoms in total. The number of hydrogen-bond donors (Lipinski definition) is 2. The highest BCUT2D eigenvalue weighted by molar-refractivity contribution is 9.10. The molecule has 1 aliphatic heterocycles. The van der Waals surface area contributed by atoms with Gasteiger partial charge in [-0.3, -0.25) is 9.59 Å². The third-order valence-corrected chi connectivity index (χ3v) is 8.67. The Balaban J connectivity index is 1.62. The van der Waals surface area contributed by atoms with E-state index in [9.17, 15) is 18.0 Å². The van der Waals surface area contributed by atoms with E-state index in [4.69, 9.17) is 4.74 Å². The van der Waals surface area contributed by atoms with Crippen LogP contribution in [0.25, 0.3) is 10.2 Å². The third-order valence-electron chi connectivity index (χ3n) is 4.82. The minimum Gasteiger partial charge on any atom is -0.379 e. The minimum atomic E-state index is -4.05. The number of rotatable bonds is 7. The number of nitrogens with zero attached hydrogens (tertiary/aromatic N) is 2. The Bertz CT molecular complexity index is 1060. The highest BCUT2D eigenvalue weighted by Crippen LogP contribution is 2.34. The van der Waals surface area contributed by atoms with Gasteiger partial charge in [-0.25, -0.2) is 13.4 Å². The molecule has 2 aromatic rings. The predicted molar refractivity (Wildman–Crippen MR) is 116 cm³/mol. The molecule has 0 bridgehead atoms. The van der Waals surface area contributed by atoms with Crippen molar-refractivity contribution in [2.75, 3.05) is 32.8 Å². The lowest BCUT2D eigenvalue weighted by Gasteiger charge is -2.29. The standard InChI is InChI=1S/C18H21BrN4O5S2/c19-11-1-4-13-14(9-11)29-18(22-13)16(30(26,27)23-5-7-28-8-6-23)17(25)20-10-15(24)21-12-2-3-12/h1,4,9,12,16H,2-3,5-8,10H2,(H,20,25)(H,21,24). The van der Waals surface area contributed by atoms with Crippen LogP contribution < -0.4 is 10.6 Å². The van der Waals surface area contributed by atoms with Gasteiger partial charge in [-0.2, -0.15) is 4.31 Å². The van der Waals surface area contributed by atoms with Crippen LogP contribution in [0.2, 0.25) is 0 Å². The number of thiazole rings is 1. The summed E-state index contributed by atoms with van der Waals surface area (Å²) >= 11 is 4.54. The van der Waals surface area contributed by atoms with E-state index < -0.39 is 21.2 Å². The van der Waals surface area contributed by atoms with Gasteiger partial charge < -0.3 is 15.4 Å². The molecule has 1 aromatic carbocycles. The average Bonchev–Trinajstić information content (AvgIpc) is 3.44. The highest BCUT2D eigenvalue weighted by atomic mass is 79.9. The topological polar surface area (TPSA) is 118 Å². The van der Waals surface area contributed by atoms with Gasteiger partial charge in [-0.1, -0.05) is 15.9 Å². The van der Waals surface area contributed by atoms with Crippen LogP contribution in [0.5, 0.6) is 0 Å². The van der Waals surface area contributed by atoms with E-state index in [-0.39, 0.29) is 49.8 Å². The van der Waals surface area contributed by atoms with Crippen molar-refractivity contribution >= 4 is 59.3 Å². The molecule has 162 valence electrons. The Morgan fingerprint density at radius 2 is 2.03 bits per heavy atom. The number of benzene rings is 1. The molecular formula is C18H21BrN4O5S2. The Labute approximate surface area is 186 Å². The Kier molecular flexibility index (Phi) is 6.39. The molecule has 2 N–H and O–H groups in total. The van der Waals surface area contributed by atoms with E-state index in [1.54, 1.807) is 12.1 Å². The first-order valence-electron chi connectivity index (χ1n) is 9.54. The lowest BCUT2D eigenvalue weighted by Crippen LogP contribution is -2.47. The maximum atomic E-state index is 13.4. The minimum absolute atomic E-state index is 0.157. The maximum absolute atomic E-state index is 13.4. The number of nitrogens with one attached hydrogen (secondary N) is 2. The van der Waals surface area contributed by atoms with Crippen LogP contribution >= 0.6 is 27.3 Å². The number of carbonyl (C=O) groups is 2. The molecule has 1 saturated carbocycles. The fourth-order valence-corrected chi connectivity index (χ4v) is 6.75. The summed E-state index contributed by atoms with van der Waals surface area (Å²) in [6.07, 6.45) is 1.85. The molecule has 12 heteroatoms. The molecular weight excluding hydrogens is 496 g/mol. The van der Waals surface area contributed by atoms with Crippen molar-refractivity contribution in [3.63, 3.8) is 0 Å². The Morgan fingerprint density at radius 1 is 1.30 bits per heavy atom. The maximum Gasteiger partial charge on any atom is 0.247 e. The van der Waals surface area contributed by atoms with Crippen LogP contribution in [-0.2, 0) is 24.3 Å². The molecule has 1 saturated heterocycles. The van der Waals surface area contributed by atoms with Gasteiger partial charge in [-0.05, 0) is 31.0 Å². The molecule has 1 atom stereocenters. The smallest absolute Gasteiger partial charge is 0.247 e. The molecule has 2 amide bonds. The van der Waals surface area contributed by atoms with Crippen LogP contribution in [0.3, 0.4) is 0 Å². The first-order chi connectivity index (χ1) is 14.3. The van der Waals surface area contributed by atoms with E-state index >= 15 is 0 Å². The SMILES string of the molecule is O=C(CNC(=O)C(c1nc2ccc(Br)cc2s1)S(=O)(=O)N1CCOCC1)NC1CC1. The Morgan fingerprint density at radius 3 is 2.73 bits per heavy atom. The zero-order valence-electron chi connectivity index (χ0n) is 16.0. The van der Waals surface area contributed by atoms with Gasteiger partial charge in [0.15, 0.2) is 0 Å². The average molecular weight is 517 g/mol. The quantitative estimate of drug-likeness (QED) is 0.569. The van der Waals surface area contributed by atoms with Crippen LogP contribution in [0.1, 0.15) is 23.1 Å². The fraction of sp³-hybridized carbons (Fsp3) is 0.500. The highest BCUT2D eigenvalue weighted by Gasteiger charge is 2.41. The lowest BCUT2D eigenvalue weighted by atomic mass is 10.3. The van der Waals surface area contributed by atoms with Gasteiger partial charge >= 0.3 is 0 Å². The van der Waals surface area contributed by atoms with E-state index in [2.05, 4.69) is 31.5 Å². The molecule has 2 aliphatic rings. The van der Waals surface area contributed by atoms with E-state index in [0.29, 0.717) is 5.52 Å². The molecule has 2 heterocycles. The fourth-order valence-electron chi connectivity index (χ4n) is 3.12. The second kappa shape index (κ2) is 8.87. The summed E-state index contributed by atoms with van der Waals surface area (Å²) in [6.45, 7) is 0.602. The van der Waals surface area contributed by atoms with E-state index in [1.807, 2.05) is 6.07 Å². The summed E-state index contributed by atoms with van der Waals surface area (Å²) in [5, 5.41) is 3.90.